The van der Waals surface area contributed by atoms with Gasteiger partial charge in [-0.05, 0) is 0 Å². The second-order valence-electron chi connectivity index (χ2n) is 1.25. The van der Waals surface area contributed by atoms with Crippen LogP contribution in [-0.4, -0.2) is 15.1 Å². The van der Waals surface area contributed by atoms with Crippen molar-refractivity contribution in [2.45, 2.75) is 6.61 Å². The Bertz CT molecular complexity index is 124. The number of nitrogens with one attached hydrogen (secondary N) is 1. The van der Waals surface area contributed by atoms with E-state index in [9.17, 15) is 0 Å². The summed E-state index contributed by atoms with van der Waals surface area (Å²) in [4.78, 5) is 6.51. The van der Waals surface area contributed by atoms with E-state index in [2.05, 4.69) is 9.97 Å². The summed E-state index contributed by atoms with van der Waals surface area (Å²) in [5.41, 5.74) is 0.861. The van der Waals surface area contributed by atoms with Crippen molar-refractivity contribution < 1.29 is 5.11 Å². The Hall–Kier alpha value is -0.830. The van der Waals surface area contributed by atoms with Crippen LogP contribution < -0.4 is 0 Å². The maximum Gasteiger partial charge on any atom is 0.186 e. The lowest BCUT2D eigenvalue weighted by atomic mass is 10.5. The van der Waals surface area contributed by atoms with Crippen molar-refractivity contribution in [2.24, 2.45) is 0 Å². The van der Waals surface area contributed by atoms with Gasteiger partial charge in [0.2, 0.25) is 0 Å². The SMILES string of the molecule is [OH2+]Cc1cnc[nH]1. The van der Waals surface area contributed by atoms with Gasteiger partial charge in [0.15, 0.2) is 6.61 Å². The van der Waals surface area contributed by atoms with Crippen molar-refractivity contribution in [2.75, 3.05) is 0 Å². The van der Waals surface area contributed by atoms with E-state index in [0.717, 1.165) is 5.69 Å². The average molecular weight is 99.1 g/mol. The van der Waals surface area contributed by atoms with Crippen LogP contribution >= 0.6 is 0 Å². The molecule has 0 aliphatic carbocycles. The van der Waals surface area contributed by atoms with Crippen molar-refractivity contribution in [3.8, 4) is 0 Å². The molecule has 0 saturated heterocycles. The van der Waals surface area contributed by atoms with Gasteiger partial charge < -0.3 is 10.1 Å². The fourth-order valence-corrected chi connectivity index (χ4v) is 0.381. The molecule has 7 heavy (non-hydrogen) atoms. The summed E-state index contributed by atoms with van der Waals surface area (Å²) in [6.07, 6.45) is 3.22. The average Bonchev–Trinajstić information content (AvgIpc) is 2.14. The molecule has 0 atom stereocenters. The number of imidazole rings is 1. The molecular formula is C4H7N2O+. The number of hydrogen-bond acceptors (Lipinski definition) is 1. The monoisotopic (exact) mass is 99.1 g/mol. The number of hydrogen-bond donors (Lipinski definition) is 1. The largest absolute Gasteiger partial charge is 0.441 e. The third-order valence-corrected chi connectivity index (χ3v) is 0.745. The second kappa shape index (κ2) is 1.75. The predicted octanol–water partition coefficient (Wildman–Crippen LogP) is -0.366. The fraction of sp³-hybridized carbons (Fsp3) is 0.250. The summed E-state index contributed by atoms with van der Waals surface area (Å²) in [5, 5.41) is 6.79. The molecule has 0 unspecified atom stereocenters. The third-order valence-electron chi connectivity index (χ3n) is 0.745. The number of H-pyrrole nitrogens is 1. The van der Waals surface area contributed by atoms with E-state index < -0.39 is 0 Å². The summed E-state index contributed by atoms with van der Waals surface area (Å²) in [7, 11) is 0. The lowest BCUT2D eigenvalue weighted by Gasteiger charge is -1.75. The summed E-state index contributed by atoms with van der Waals surface area (Å²) in [5.74, 6) is 0. The molecule has 0 bridgehead atoms. The Morgan fingerprint density at radius 2 is 2.71 bits per heavy atom. The molecule has 0 spiro atoms. The van der Waals surface area contributed by atoms with Crippen LogP contribution in [0.25, 0.3) is 0 Å². The molecule has 1 rings (SSSR count). The molecule has 0 saturated carbocycles. The quantitative estimate of drug-likeness (QED) is 0.480. The van der Waals surface area contributed by atoms with Gasteiger partial charge >= 0.3 is 0 Å². The first kappa shape index (κ1) is 4.33. The highest BCUT2D eigenvalue weighted by molar-refractivity contribution is 4.90. The van der Waals surface area contributed by atoms with Crippen molar-refractivity contribution in [3.63, 3.8) is 0 Å². The van der Waals surface area contributed by atoms with E-state index in [0.29, 0.717) is 6.61 Å². The summed E-state index contributed by atoms with van der Waals surface area (Å²) in [6.45, 7) is 0.292. The van der Waals surface area contributed by atoms with Gasteiger partial charge in [0.1, 0.15) is 5.69 Å². The Labute approximate surface area is 41.0 Å². The molecule has 0 radical (unpaired) electrons. The van der Waals surface area contributed by atoms with Gasteiger partial charge in [-0.2, -0.15) is 0 Å². The first-order chi connectivity index (χ1) is 3.43. The Morgan fingerprint density at radius 1 is 1.86 bits per heavy atom. The molecule has 3 nitrogen and oxygen atoms in total. The molecular weight excluding hydrogens is 92.1 g/mol. The van der Waals surface area contributed by atoms with Gasteiger partial charge in [0.05, 0.1) is 12.5 Å². The number of rotatable bonds is 1. The van der Waals surface area contributed by atoms with Gasteiger partial charge in [-0.25, -0.2) is 4.98 Å². The second-order valence-corrected chi connectivity index (χ2v) is 1.25. The van der Waals surface area contributed by atoms with Crippen molar-refractivity contribution in [1.82, 2.24) is 9.97 Å². The van der Waals surface area contributed by atoms with Gasteiger partial charge in [0.25, 0.3) is 0 Å². The first-order valence-corrected chi connectivity index (χ1v) is 2.05. The molecule has 0 amide bonds. The van der Waals surface area contributed by atoms with E-state index in [1.807, 2.05) is 0 Å². The molecule has 0 aliphatic rings. The van der Waals surface area contributed by atoms with Crippen molar-refractivity contribution in [1.29, 1.82) is 0 Å². The lowest BCUT2D eigenvalue weighted by Crippen LogP contribution is -1.77. The van der Waals surface area contributed by atoms with Crippen LogP contribution in [0.15, 0.2) is 12.5 Å². The topological polar surface area (TPSA) is 51.6 Å². The van der Waals surface area contributed by atoms with Crippen LogP contribution in [0.4, 0.5) is 0 Å². The van der Waals surface area contributed by atoms with Crippen LogP contribution in [0.2, 0.25) is 0 Å². The number of aromatic amines is 1. The van der Waals surface area contributed by atoms with E-state index in [1.54, 1.807) is 12.5 Å². The maximum atomic E-state index is 6.79. The van der Waals surface area contributed by atoms with Gasteiger partial charge in [-0.1, -0.05) is 0 Å². The Morgan fingerprint density at radius 3 is 3.00 bits per heavy atom. The minimum absolute atomic E-state index is 0.292. The van der Waals surface area contributed by atoms with Crippen molar-refractivity contribution >= 4 is 0 Å². The summed E-state index contributed by atoms with van der Waals surface area (Å²) >= 11 is 0. The summed E-state index contributed by atoms with van der Waals surface area (Å²) < 4.78 is 0. The third kappa shape index (κ3) is 0.778. The molecule has 0 fully saturated rings. The normalized spacial score (nSPS) is 9.29. The van der Waals surface area contributed by atoms with Crippen LogP contribution in [-0.2, 0) is 6.61 Å². The lowest BCUT2D eigenvalue weighted by molar-refractivity contribution is 0.277. The smallest absolute Gasteiger partial charge is 0.186 e. The van der Waals surface area contributed by atoms with Crippen LogP contribution in [0.5, 0.6) is 0 Å². The molecule has 3 N–H and O–H groups in total. The van der Waals surface area contributed by atoms with Crippen molar-refractivity contribution in [3.05, 3.63) is 18.2 Å². The van der Waals surface area contributed by atoms with Gasteiger partial charge in [-0.15, -0.1) is 0 Å². The highest BCUT2D eigenvalue weighted by Crippen LogP contribution is 1.86. The molecule has 0 aliphatic heterocycles. The molecule has 1 aromatic rings. The van der Waals surface area contributed by atoms with Gasteiger partial charge in [0, 0.05) is 0 Å². The van der Waals surface area contributed by atoms with E-state index in [1.165, 1.54) is 0 Å². The fourth-order valence-electron chi connectivity index (χ4n) is 0.381. The maximum absolute atomic E-state index is 6.79. The zero-order valence-electron chi connectivity index (χ0n) is 3.81. The highest BCUT2D eigenvalue weighted by Gasteiger charge is 1.87. The minimum atomic E-state index is 0.292. The summed E-state index contributed by atoms with van der Waals surface area (Å²) in [6, 6.07) is 0. The minimum Gasteiger partial charge on any atom is -0.441 e. The molecule has 0 aromatic carbocycles. The molecule has 3 heteroatoms. The van der Waals surface area contributed by atoms with Crippen LogP contribution in [0.3, 0.4) is 0 Å². The molecule has 1 aromatic heterocycles. The van der Waals surface area contributed by atoms with Crippen LogP contribution in [0, 0.1) is 0 Å². The first-order valence-electron chi connectivity index (χ1n) is 2.05. The Kier molecular flexibility index (Phi) is 1.08. The molecule has 1 heterocycles. The zero-order chi connectivity index (χ0) is 5.11. The van der Waals surface area contributed by atoms with Crippen LogP contribution in [0.1, 0.15) is 5.69 Å². The zero-order valence-corrected chi connectivity index (χ0v) is 3.81. The van der Waals surface area contributed by atoms with Gasteiger partial charge in [-0.3, -0.25) is 0 Å². The number of aromatic nitrogens is 2. The van der Waals surface area contributed by atoms with E-state index >= 15 is 0 Å². The van der Waals surface area contributed by atoms with E-state index in [-0.39, 0.29) is 0 Å². The Balaban J connectivity index is 2.76. The van der Waals surface area contributed by atoms with E-state index in [4.69, 9.17) is 5.11 Å². The standard InChI is InChI=1S/C4H6N2O/c7-2-4-1-5-3-6-4/h1,3,7H,2H2,(H,5,6)/p+1. The highest BCUT2D eigenvalue weighted by atomic mass is 16.3. The molecule has 38 valence electrons. The number of nitrogens with zero attached hydrogens (tertiary/aromatic N) is 1. The predicted molar refractivity (Wildman–Crippen MR) is 25.9 cm³/mol.